The Morgan fingerprint density at radius 3 is 2.78 bits per heavy atom. The molecule has 2 aromatic rings. The van der Waals surface area contributed by atoms with Crippen LogP contribution in [0.4, 0.5) is 5.82 Å². The minimum absolute atomic E-state index is 0.0223. The zero-order valence-corrected chi connectivity index (χ0v) is 19.2. The standard InChI is InChI=1S/C22H27N3O6S/c1-22(2)10-13(4-5-31-22)25-20-17(21(27)24-25)19(32-11-16(26)23-20)12-8-14(28-3)18-15(9-12)29-6-7-30-18/h8-9,13,19H,4-7,10-11H2,1-3H3,(H,23,26)(H,24,27)/t13-,19+/m0/s1. The van der Waals surface area contributed by atoms with Gasteiger partial charge in [-0.1, -0.05) is 0 Å². The third kappa shape index (κ3) is 3.75. The van der Waals surface area contributed by atoms with Crippen molar-refractivity contribution < 1.29 is 23.7 Å². The van der Waals surface area contributed by atoms with Gasteiger partial charge in [0.15, 0.2) is 11.5 Å². The largest absolute Gasteiger partial charge is 0.493 e. The van der Waals surface area contributed by atoms with E-state index in [1.165, 1.54) is 11.8 Å². The third-order valence-electron chi connectivity index (χ3n) is 6.05. The Morgan fingerprint density at radius 1 is 1.19 bits per heavy atom. The number of thioether (sulfide) groups is 1. The summed E-state index contributed by atoms with van der Waals surface area (Å²) in [5.41, 5.74) is 0.842. The second-order valence-corrected chi connectivity index (χ2v) is 9.91. The maximum atomic E-state index is 13.2. The van der Waals surface area contributed by atoms with Gasteiger partial charge in [-0.25, -0.2) is 0 Å². The number of carbonyl (C=O) groups excluding carboxylic acids is 1. The molecule has 5 rings (SSSR count). The van der Waals surface area contributed by atoms with Crippen LogP contribution in [0.15, 0.2) is 16.9 Å². The average Bonchev–Trinajstić information content (AvgIpc) is 2.97. The van der Waals surface area contributed by atoms with Crippen molar-refractivity contribution in [2.75, 3.05) is 38.0 Å². The van der Waals surface area contributed by atoms with Crippen LogP contribution in [0.1, 0.15) is 49.1 Å². The van der Waals surface area contributed by atoms with E-state index >= 15 is 0 Å². The first-order valence-electron chi connectivity index (χ1n) is 10.7. The van der Waals surface area contributed by atoms with Crippen LogP contribution in [0.3, 0.4) is 0 Å². The Labute approximate surface area is 189 Å². The SMILES string of the molecule is COc1cc([C@H]2SCC(=O)Nc3c2c(=O)[nH]n3[C@H]2CCOC(C)(C)C2)cc2c1OCCO2. The van der Waals surface area contributed by atoms with Gasteiger partial charge in [0.1, 0.15) is 19.0 Å². The highest BCUT2D eigenvalue weighted by Crippen LogP contribution is 2.47. The fourth-order valence-corrected chi connectivity index (χ4v) is 5.75. The summed E-state index contributed by atoms with van der Waals surface area (Å²) in [6, 6.07) is 3.76. The molecule has 9 nitrogen and oxygen atoms in total. The van der Waals surface area contributed by atoms with E-state index in [4.69, 9.17) is 18.9 Å². The number of ether oxygens (including phenoxy) is 4. The molecule has 3 aliphatic heterocycles. The van der Waals surface area contributed by atoms with Gasteiger partial charge in [-0.3, -0.25) is 19.4 Å². The Morgan fingerprint density at radius 2 is 2.00 bits per heavy atom. The number of aromatic nitrogens is 2. The minimum Gasteiger partial charge on any atom is -0.493 e. The van der Waals surface area contributed by atoms with Gasteiger partial charge in [0.2, 0.25) is 11.7 Å². The highest BCUT2D eigenvalue weighted by Gasteiger charge is 2.36. The van der Waals surface area contributed by atoms with Gasteiger partial charge in [-0.05, 0) is 44.4 Å². The summed E-state index contributed by atoms with van der Waals surface area (Å²) in [5, 5.41) is 5.59. The van der Waals surface area contributed by atoms with Gasteiger partial charge in [0.05, 0.1) is 35.3 Å². The van der Waals surface area contributed by atoms with Crippen molar-refractivity contribution in [3.63, 3.8) is 0 Å². The van der Waals surface area contributed by atoms with Crippen molar-refractivity contribution in [3.05, 3.63) is 33.6 Å². The number of anilines is 1. The molecule has 0 bridgehead atoms. The first-order chi connectivity index (χ1) is 15.4. The molecular weight excluding hydrogens is 434 g/mol. The normalized spacial score (nSPS) is 24.3. The van der Waals surface area contributed by atoms with Gasteiger partial charge >= 0.3 is 0 Å². The van der Waals surface area contributed by atoms with Crippen molar-refractivity contribution in [1.29, 1.82) is 0 Å². The summed E-state index contributed by atoms with van der Waals surface area (Å²) in [7, 11) is 1.57. The summed E-state index contributed by atoms with van der Waals surface area (Å²) < 4.78 is 24.7. The van der Waals surface area contributed by atoms with Crippen molar-refractivity contribution in [2.45, 2.75) is 43.6 Å². The molecule has 3 aliphatic rings. The second-order valence-electron chi connectivity index (χ2n) is 8.81. The average molecular weight is 462 g/mol. The van der Waals surface area contributed by atoms with Gasteiger partial charge in [0, 0.05) is 6.61 Å². The number of amides is 1. The molecule has 0 saturated carbocycles. The molecule has 1 aromatic carbocycles. The van der Waals surface area contributed by atoms with Crippen LogP contribution in [0, 0.1) is 0 Å². The molecule has 2 N–H and O–H groups in total. The maximum Gasteiger partial charge on any atom is 0.270 e. The summed E-state index contributed by atoms with van der Waals surface area (Å²) in [5.74, 6) is 2.32. The maximum absolute atomic E-state index is 13.2. The van der Waals surface area contributed by atoms with Gasteiger partial charge in [-0.15, -0.1) is 11.8 Å². The molecule has 1 saturated heterocycles. The Kier molecular flexibility index (Phi) is 5.37. The highest BCUT2D eigenvalue weighted by molar-refractivity contribution is 8.00. The second kappa shape index (κ2) is 8.08. The summed E-state index contributed by atoms with van der Waals surface area (Å²) in [4.78, 5) is 25.8. The van der Waals surface area contributed by atoms with E-state index in [1.54, 1.807) is 7.11 Å². The van der Waals surface area contributed by atoms with Crippen molar-refractivity contribution in [2.24, 2.45) is 0 Å². The molecule has 2 atom stereocenters. The lowest BCUT2D eigenvalue weighted by atomic mass is 9.94. The predicted molar refractivity (Wildman–Crippen MR) is 120 cm³/mol. The van der Waals surface area contributed by atoms with E-state index in [1.807, 2.05) is 30.7 Å². The molecule has 1 amide bonds. The summed E-state index contributed by atoms with van der Waals surface area (Å²) in [6.07, 6.45) is 1.49. The molecular formula is C22H27N3O6S. The topological polar surface area (TPSA) is 104 Å². The van der Waals surface area contributed by atoms with Crippen LogP contribution in [0.5, 0.6) is 17.2 Å². The number of fused-ring (bicyclic) bond motifs is 2. The fraction of sp³-hybridized carbons (Fsp3) is 0.545. The Hall–Kier alpha value is -2.59. The lowest BCUT2D eigenvalue weighted by Gasteiger charge is -2.36. The molecule has 4 heterocycles. The van der Waals surface area contributed by atoms with E-state index in [-0.39, 0.29) is 34.1 Å². The van der Waals surface area contributed by atoms with Crippen LogP contribution in [0.25, 0.3) is 0 Å². The molecule has 0 unspecified atom stereocenters. The first kappa shape index (κ1) is 21.3. The minimum atomic E-state index is -0.369. The molecule has 0 aliphatic carbocycles. The number of methoxy groups -OCH3 is 1. The fourth-order valence-electron chi connectivity index (χ4n) is 4.65. The first-order valence-corrected chi connectivity index (χ1v) is 11.8. The lowest BCUT2D eigenvalue weighted by molar-refractivity contribution is -0.113. The molecule has 1 aromatic heterocycles. The number of rotatable bonds is 3. The molecule has 172 valence electrons. The smallest absolute Gasteiger partial charge is 0.270 e. The molecule has 10 heteroatoms. The van der Waals surface area contributed by atoms with Gasteiger partial charge in [0.25, 0.3) is 5.56 Å². The van der Waals surface area contributed by atoms with E-state index in [9.17, 15) is 9.59 Å². The van der Waals surface area contributed by atoms with E-state index < -0.39 is 0 Å². The number of nitrogens with one attached hydrogen (secondary N) is 2. The number of hydrogen-bond donors (Lipinski definition) is 2. The van der Waals surface area contributed by atoms with E-state index in [0.29, 0.717) is 48.5 Å². The van der Waals surface area contributed by atoms with Crippen molar-refractivity contribution in [1.82, 2.24) is 9.78 Å². The Balaban J connectivity index is 1.61. The Bertz CT molecular complexity index is 1090. The number of aromatic amines is 1. The number of benzene rings is 1. The van der Waals surface area contributed by atoms with Crippen molar-refractivity contribution >= 4 is 23.5 Å². The van der Waals surface area contributed by atoms with Gasteiger partial charge < -0.3 is 24.3 Å². The zero-order valence-electron chi connectivity index (χ0n) is 18.4. The van der Waals surface area contributed by atoms with Crippen LogP contribution >= 0.6 is 11.8 Å². The molecule has 32 heavy (non-hydrogen) atoms. The number of hydrogen-bond acceptors (Lipinski definition) is 7. The van der Waals surface area contributed by atoms with E-state index in [2.05, 4.69) is 10.4 Å². The van der Waals surface area contributed by atoms with Crippen LogP contribution in [-0.2, 0) is 9.53 Å². The monoisotopic (exact) mass is 461 g/mol. The highest BCUT2D eigenvalue weighted by atomic mass is 32.2. The lowest BCUT2D eigenvalue weighted by Crippen LogP contribution is -2.36. The van der Waals surface area contributed by atoms with Crippen molar-refractivity contribution in [3.8, 4) is 17.2 Å². The third-order valence-corrected chi connectivity index (χ3v) is 7.32. The number of H-pyrrole nitrogens is 1. The molecule has 0 spiro atoms. The van der Waals surface area contributed by atoms with E-state index in [0.717, 1.165) is 18.4 Å². The number of carbonyl (C=O) groups is 1. The van der Waals surface area contributed by atoms with Crippen LogP contribution < -0.4 is 25.1 Å². The summed E-state index contributed by atoms with van der Waals surface area (Å²) >= 11 is 1.41. The zero-order chi connectivity index (χ0) is 22.5. The quantitative estimate of drug-likeness (QED) is 0.724. The number of nitrogens with zero attached hydrogens (tertiary/aromatic N) is 1. The summed E-state index contributed by atoms with van der Waals surface area (Å²) in [6.45, 7) is 5.57. The molecule has 1 fully saturated rings. The van der Waals surface area contributed by atoms with Crippen LogP contribution in [-0.4, -0.2) is 54.0 Å². The molecule has 0 radical (unpaired) electrons. The predicted octanol–water partition coefficient (Wildman–Crippen LogP) is 2.86. The van der Waals surface area contributed by atoms with Crippen LogP contribution in [0.2, 0.25) is 0 Å². The van der Waals surface area contributed by atoms with Gasteiger partial charge in [-0.2, -0.15) is 0 Å².